The van der Waals surface area contributed by atoms with E-state index in [2.05, 4.69) is 0 Å². The molecule has 3 aromatic carbocycles. The van der Waals surface area contributed by atoms with Gasteiger partial charge in [-0.25, -0.2) is 0 Å². The van der Waals surface area contributed by atoms with E-state index >= 15 is 0 Å². The fourth-order valence-electron chi connectivity index (χ4n) is 3.15. The molecule has 0 amide bonds. The normalized spacial score (nSPS) is 12.0. The molecule has 0 aromatic heterocycles. The van der Waals surface area contributed by atoms with Crippen LogP contribution >= 0.6 is 0 Å². The Morgan fingerprint density at radius 1 is 0.857 bits per heavy atom. The SMILES string of the molecule is C[S+]([O-])c1cccc(C(c2cc(C=O)ccc2O)c2cc(C=O)ccc2O)c1. The van der Waals surface area contributed by atoms with Gasteiger partial charge in [-0.3, -0.25) is 9.59 Å². The molecular formula is C22H18O5S. The number of hydrogen-bond donors (Lipinski definition) is 2. The van der Waals surface area contributed by atoms with Crippen LogP contribution in [0.15, 0.2) is 65.6 Å². The van der Waals surface area contributed by atoms with Gasteiger partial charge < -0.3 is 14.8 Å². The van der Waals surface area contributed by atoms with E-state index in [4.69, 9.17) is 0 Å². The van der Waals surface area contributed by atoms with E-state index in [9.17, 15) is 24.4 Å². The number of benzene rings is 3. The second-order valence-electron chi connectivity index (χ2n) is 6.33. The van der Waals surface area contributed by atoms with Crippen LogP contribution in [0.25, 0.3) is 0 Å². The van der Waals surface area contributed by atoms with Crippen molar-refractivity contribution < 1.29 is 24.4 Å². The van der Waals surface area contributed by atoms with E-state index in [-0.39, 0.29) is 11.5 Å². The van der Waals surface area contributed by atoms with Crippen LogP contribution in [-0.4, -0.2) is 33.6 Å². The lowest BCUT2D eigenvalue weighted by molar-refractivity contribution is 0.111. The zero-order chi connectivity index (χ0) is 20.3. The van der Waals surface area contributed by atoms with Crippen molar-refractivity contribution in [3.05, 3.63) is 88.5 Å². The van der Waals surface area contributed by atoms with E-state index in [1.807, 2.05) is 0 Å². The highest BCUT2D eigenvalue weighted by molar-refractivity contribution is 7.90. The minimum Gasteiger partial charge on any atom is -0.612 e. The Labute approximate surface area is 165 Å². The summed E-state index contributed by atoms with van der Waals surface area (Å²) in [5.41, 5.74) is 2.16. The lowest BCUT2D eigenvalue weighted by atomic mass is 9.83. The predicted octanol–water partition coefficient (Wildman–Crippen LogP) is 3.64. The van der Waals surface area contributed by atoms with Gasteiger partial charge in [-0.1, -0.05) is 12.1 Å². The van der Waals surface area contributed by atoms with Crippen molar-refractivity contribution in [3.63, 3.8) is 0 Å². The number of carbonyl (C=O) groups is 2. The summed E-state index contributed by atoms with van der Waals surface area (Å²) in [5, 5.41) is 21.0. The van der Waals surface area contributed by atoms with Gasteiger partial charge in [-0.15, -0.1) is 0 Å². The van der Waals surface area contributed by atoms with Crippen molar-refractivity contribution in [1.82, 2.24) is 0 Å². The molecule has 2 N–H and O–H groups in total. The molecule has 0 spiro atoms. The Morgan fingerprint density at radius 3 is 1.86 bits per heavy atom. The number of rotatable bonds is 6. The van der Waals surface area contributed by atoms with E-state index in [0.717, 1.165) is 0 Å². The summed E-state index contributed by atoms with van der Waals surface area (Å²) >= 11 is -1.23. The highest BCUT2D eigenvalue weighted by Gasteiger charge is 2.25. The minimum absolute atomic E-state index is 0.0606. The van der Waals surface area contributed by atoms with Gasteiger partial charge in [-0.05, 0) is 65.3 Å². The van der Waals surface area contributed by atoms with Gasteiger partial charge in [0.25, 0.3) is 0 Å². The summed E-state index contributed by atoms with van der Waals surface area (Å²) in [6, 6.07) is 15.8. The van der Waals surface area contributed by atoms with E-state index in [0.29, 0.717) is 45.3 Å². The molecule has 0 fully saturated rings. The molecule has 3 aromatic rings. The van der Waals surface area contributed by atoms with E-state index in [1.54, 1.807) is 30.5 Å². The van der Waals surface area contributed by atoms with Crippen LogP contribution in [0.4, 0.5) is 0 Å². The third-order valence-corrected chi connectivity index (χ3v) is 5.44. The number of aromatic hydroxyl groups is 2. The number of carbonyl (C=O) groups excluding carboxylic acids is 2. The summed E-state index contributed by atoms with van der Waals surface area (Å²) in [5.74, 6) is -0.799. The van der Waals surface area contributed by atoms with Crippen LogP contribution < -0.4 is 0 Å². The number of phenols is 2. The summed E-state index contributed by atoms with van der Waals surface area (Å²) in [4.78, 5) is 23.1. The van der Waals surface area contributed by atoms with Crippen molar-refractivity contribution in [1.29, 1.82) is 0 Å². The predicted molar refractivity (Wildman–Crippen MR) is 107 cm³/mol. The molecule has 142 valence electrons. The quantitative estimate of drug-likeness (QED) is 0.378. The average molecular weight is 394 g/mol. The molecule has 0 aliphatic carbocycles. The van der Waals surface area contributed by atoms with Crippen molar-refractivity contribution >= 4 is 23.7 Å². The smallest absolute Gasteiger partial charge is 0.152 e. The summed E-state index contributed by atoms with van der Waals surface area (Å²) < 4.78 is 11.9. The molecule has 5 nitrogen and oxygen atoms in total. The molecule has 0 bridgehead atoms. The van der Waals surface area contributed by atoms with Gasteiger partial charge in [-0.2, -0.15) is 0 Å². The van der Waals surface area contributed by atoms with Crippen LogP contribution in [0.1, 0.15) is 43.3 Å². The average Bonchev–Trinajstić information content (AvgIpc) is 2.71. The van der Waals surface area contributed by atoms with Crippen LogP contribution in [0, 0.1) is 0 Å². The lowest BCUT2D eigenvalue weighted by Gasteiger charge is -2.22. The molecule has 0 radical (unpaired) electrons. The molecule has 0 aliphatic heterocycles. The lowest BCUT2D eigenvalue weighted by Crippen LogP contribution is -2.07. The third kappa shape index (κ3) is 3.93. The molecule has 0 aliphatic rings. The Kier molecular flexibility index (Phi) is 5.82. The highest BCUT2D eigenvalue weighted by atomic mass is 32.2. The molecule has 1 atom stereocenters. The fourth-order valence-corrected chi connectivity index (χ4v) is 3.73. The van der Waals surface area contributed by atoms with Gasteiger partial charge in [0, 0.05) is 28.2 Å². The first-order valence-corrected chi connectivity index (χ1v) is 10.00. The monoisotopic (exact) mass is 394 g/mol. The second-order valence-corrected chi connectivity index (χ2v) is 7.71. The van der Waals surface area contributed by atoms with Crippen molar-refractivity contribution in [2.45, 2.75) is 10.8 Å². The van der Waals surface area contributed by atoms with Crippen molar-refractivity contribution in [2.24, 2.45) is 0 Å². The number of phenolic OH excluding ortho intramolecular Hbond substituents is 2. The molecule has 28 heavy (non-hydrogen) atoms. The summed E-state index contributed by atoms with van der Waals surface area (Å²) in [7, 11) is 0. The van der Waals surface area contributed by atoms with E-state index < -0.39 is 17.1 Å². The zero-order valence-electron chi connectivity index (χ0n) is 15.0. The van der Waals surface area contributed by atoms with Crippen molar-refractivity contribution in [2.75, 3.05) is 6.26 Å². The maximum absolute atomic E-state index is 11.9. The third-order valence-electron chi connectivity index (χ3n) is 4.52. The van der Waals surface area contributed by atoms with Gasteiger partial charge in [0.1, 0.15) is 30.3 Å². The number of hydrogen-bond acceptors (Lipinski definition) is 5. The molecular weight excluding hydrogens is 376 g/mol. The maximum Gasteiger partial charge on any atom is 0.152 e. The Morgan fingerprint density at radius 2 is 1.39 bits per heavy atom. The Bertz CT molecular complexity index is 972. The molecule has 0 saturated carbocycles. The fraction of sp³-hybridized carbons (Fsp3) is 0.0909. The highest BCUT2D eigenvalue weighted by Crippen LogP contribution is 2.41. The first kappa shape index (κ1) is 19.7. The van der Waals surface area contributed by atoms with Crippen LogP contribution in [0.3, 0.4) is 0 Å². The maximum atomic E-state index is 11.9. The molecule has 0 heterocycles. The van der Waals surface area contributed by atoms with Crippen LogP contribution in [0.2, 0.25) is 0 Å². The largest absolute Gasteiger partial charge is 0.612 e. The first-order chi connectivity index (χ1) is 13.4. The van der Waals surface area contributed by atoms with Gasteiger partial charge in [0.2, 0.25) is 0 Å². The zero-order valence-corrected chi connectivity index (χ0v) is 15.8. The van der Waals surface area contributed by atoms with Crippen LogP contribution in [-0.2, 0) is 11.2 Å². The van der Waals surface area contributed by atoms with Gasteiger partial charge in [0.15, 0.2) is 4.90 Å². The molecule has 0 saturated heterocycles. The van der Waals surface area contributed by atoms with Gasteiger partial charge >= 0.3 is 0 Å². The second kappa shape index (κ2) is 8.29. The number of aldehydes is 2. The van der Waals surface area contributed by atoms with Gasteiger partial charge in [0.05, 0.1) is 0 Å². The van der Waals surface area contributed by atoms with Crippen molar-refractivity contribution in [3.8, 4) is 11.5 Å². The molecule has 6 heteroatoms. The topological polar surface area (TPSA) is 97.7 Å². The molecule has 3 rings (SSSR count). The molecule has 1 unspecified atom stereocenters. The van der Waals surface area contributed by atoms with E-state index in [1.165, 1.54) is 36.4 Å². The minimum atomic E-state index is -1.23. The first-order valence-electron chi connectivity index (χ1n) is 8.44. The van der Waals surface area contributed by atoms with Crippen LogP contribution in [0.5, 0.6) is 11.5 Å². The standard InChI is InChI=1S/C22H18O5S/c1-28(27)17-4-2-3-16(11-17)22(18-9-14(12-23)5-7-20(18)25)19-10-15(13-24)6-8-21(19)26/h2-13,22,25-26H,1H3. The summed E-state index contributed by atoms with van der Waals surface area (Å²) in [6.45, 7) is 0. The summed E-state index contributed by atoms with van der Waals surface area (Å²) in [6.07, 6.45) is 2.89. The Hall–Kier alpha value is -3.09. The Balaban J connectivity index is 2.31.